The summed E-state index contributed by atoms with van der Waals surface area (Å²) in [7, 11) is 0. The number of hydrogen-bond acceptors (Lipinski definition) is 7. The number of nitrogens with one attached hydrogen (secondary N) is 3. The van der Waals surface area contributed by atoms with Gasteiger partial charge in [-0.1, -0.05) is 5.16 Å². The highest BCUT2D eigenvalue weighted by atomic mass is 19.4. The fourth-order valence-electron chi connectivity index (χ4n) is 5.27. The van der Waals surface area contributed by atoms with Gasteiger partial charge in [0, 0.05) is 30.9 Å². The average molecular weight is 571 g/mol. The van der Waals surface area contributed by atoms with Crippen LogP contribution in [0.5, 0.6) is 0 Å². The maximum atomic E-state index is 13.8. The fourth-order valence-corrected chi connectivity index (χ4v) is 5.27. The summed E-state index contributed by atoms with van der Waals surface area (Å²) in [5.74, 6) is -6.42. The molecule has 2 aromatic heterocycles. The molecule has 0 aromatic carbocycles. The molecule has 2 saturated carbocycles. The second kappa shape index (κ2) is 10.7. The first-order chi connectivity index (χ1) is 18.9. The maximum Gasteiger partial charge on any atom is 0.408 e. The van der Waals surface area contributed by atoms with Crippen molar-refractivity contribution in [2.45, 2.75) is 81.5 Å². The fraction of sp³-hybridized carbons (Fsp3) is 0.600. The van der Waals surface area contributed by atoms with E-state index in [1.807, 2.05) is 5.32 Å². The normalized spacial score (nSPS) is 23.9. The summed E-state index contributed by atoms with van der Waals surface area (Å²) in [6.45, 7) is 0. The Bertz CT molecular complexity index is 1270. The van der Waals surface area contributed by atoms with Gasteiger partial charge in [-0.15, -0.1) is 0 Å². The van der Waals surface area contributed by atoms with E-state index >= 15 is 0 Å². The number of hydrogen-bond donors (Lipinski definition) is 3. The number of halogens is 5. The van der Waals surface area contributed by atoms with Crippen molar-refractivity contribution in [3.63, 3.8) is 0 Å². The average Bonchev–Trinajstić information content (AvgIpc) is 3.48. The zero-order valence-electron chi connectivity index (χ0n) is 21.1. The lowest BCUT2D eigenvalue weighted by molar-refractivity contribution is -0.154. The first-order valence-corrected chi connectivity index (χ1v) is 13.0. The van der Waals surface area contributed by atoms with Gasteiger partial charge in [-0.25, -0.2) is 18.4 Å². The first-order valence-electron chi connectivity index (χ1n) is 13.0. The Morgan fingerprint density at radius 1 is 1.15 bits per heavy atom. The molecule has 0 radical (unpaired) electrons. The summed E-state index contributed by atoms with van der Waals surface area (Å²) in [6.07, 6.45) is -2.90. The predicted octanol–water partition coefficient (Wildman–Crippen LogP) is 3.51. The van der Waals surface area contributed by atoms with Gasteiger partial charge in [0.05, 0.1) is 0 Å². The summed E-state index contributed by atoms with van der Waals surface area (Å²) in [6, 6.07) is -0.180. The van der Waals surface area contributed by atoms with Gasteiger partial charge < -0.3 is 16.0 Å². The van der Waals surface area contributed by atoms with E-state index in [1.165, 1.54) is 18.3 Å². The van der Waals surface area contributed by atoms with Crippen LogP contribution in [0.1, 0.15) is 72.6 Å². The topological polar surface area (TPSA) is 139 Å². The van der Waals surface area contributed by atoms with Gasteiger partial charge in [0.15, 0.2) is 5.69 Å². The predicted molar refractivity (Wildman–Crippen MR) is 127 cm³/mol. The summed E-state index contributed by atoms with van der Waals surface area (Å²) in [5, 5.41) is 14.6. The molecule has 3 heterocycles. The van der Waals surface area contributed by atoms with E-state index in [0.717, 1.165) is 12.8 Å². The summed E-state index contributed by atoms with van der Waals surface area (Å²) in [4.78, 5) is 42.5. The van der Waals surface area contributed by atoms with E-state index in [2.05, 4.69) is 25.9 Å². The van der Waals surface area contributed by atoms with Crippen molar-refractivity contribution >= 4 is 23.5 Å². The summed E-state index contributed by atoms with van der Waals surface area (Å²) in [5.41, 5.74) is 0.785. The highest BCUT2D eigenvalue weighted by molar-refractivity contribution is 6.00. The number of carbonyl (C=O) groups is 3. The first kappa shape index (κ1) is 27.9. The van der Waals surface area contributed by atoms with Gasteiger partial charge >= 0.3 is 6.18 Å². The molecule has 0 spiro atoms. The number of pyridine rings is 1. The third kappa shape index (κ3) is 6.39. The van der Waals surface area contributed by atoms with E-state index in [9.17, 15) is 36.3 Å². The van der Waals surface area contributed by atoms with Gasteiger partial charge in [-0.3, -0.25) is 14.4 Å². The van der Waals surface area contributed by atoms with Gasteiger partial charge in [0.25, 0.3) is 5.91 Å². The third-order valence-corrected chi connectivity index (χ3v) is 7.66. The third-order valence-electron chi connectivity index (χ3n) is 7.66. The minimum atomic E-state index is -4.55. The molecule has 3 fully saturated rings. The molecule has 0 bridgehead atoms. The lowest BCUT2D eigenvalue weighted by atomic mass is 9.81. The Kier molecular flexibility index (Phi) is 7.48. The highest BCUT2D eigenvalue weighted by Crippen LogP contribution is 2.41. The van der Waals surface area contributed by atoms with Crippen LogP contribution < -0.4 is 16.0 Å². The quantitative estimate of drug-likeness (QED) is 0.413. The van der Waals surface area contributed by atoms with Crippen molar-refractivity contribution in [3.05, 3.63) is 35.3 Å². The van der Waals surface area contributed by atoms with Gasteiger partial charge in [-0.05, 0) is 67.3 Å². The van der Waals surface area contributed by atoms with Crippen molar-refractivity contribution in [1.82, 2.24) is 25.9 Å². The number of alkyl halides is 5. The molecule has 2 aromatic rings. The lowest BCUT2D eigenvalue weighted by Crippen LogP contribution is -2.50. The second-order valence-corrected chi connectivity index (χ2v) is 10.7. The van der Waals surface area contributed by atoms with Crippen LogP contribution in [0, 0.1) is 11.8 Å². The van der Waals surface area contributed by atoms with E-state index < -0.39 is 73.0 Å². The minimum absolute atomic E-state index is 0.00915. The maximum absolute atomic E-state index is 13.8. The van der Waals surface area contributed by atoms with Gasteiger partial charge in [0.1, 0.15) is 23.6 Å². The standard InChI is InChI=1S/C25H27F5N6O4/c26-24(27)6-3-14(4-7-24)19(34-23(39)20-18(13-1-2-13)35-40-36-20)22(38)33-17-10-12(5-8-31-17)9-15-11-16(25(28,29)30)32-21(15)37/h5,8,10,13-16,19H,1-4,6-7,9,11H2,(H,32,37)(H,34,39)(H,31,33,38)/t15-,16-,19+/m0/s1. The monoisotopic (exact) mass is 570 g/mol. The molecule has 3 atom stereocenters. The van der Waals surface area contributed by atoms with Crippen LogP contribution in [0.15, 0.2) is 23.0 Å². The van der Waals surface area contributed by atoms with E-state index in [1.54, 1.807) is 0 Å². The molecule has 5 rings (SSSR count). The van der Waals surface area contributed by atoms with Crippen LogP contribution in [0.2, 0.25) is 0 Å². The van der Waals surface area contributed by atoms with Crippen LogP contribution in [-0.2, 0) is 16.0 Å². The van der Waals surface area contributed by atoms with Crippen LogP contribution in [0.25, 0.3) is 0 Å². The molecule has 40 heavy (non-hydrogen) atoms. The molecular weight excluding hydrogens is 543 g/mol. The minimum Gasteiger partial charge on any atom is -0.344 e. The van der Waals surface area contributed by atoms with Crippen molar-refractivity contribution in [1.29, 1.82) is 0 Å². The number of nitrogens with zero attached hydrogens (tertiary/aromatic N) is 3. The lowest BCUT2D eigenvalue weighted by Gasteiger charge is -2.33. The molecule has 10 nitrogen and oxygen atoms in total. The number of rotatable bonds is 8. The Hall–Kier alpha value is -3.65. The van der Waals surface area contributed by atoms with Crippen LogP contribution >= 0.6 is 0 Å². The Morgan fingerprint density at radius 2 is 1.88 bits per heavy atom. The molecule has 216 valence electrons. The highest BCUT2D eigenvalue weighted by Gasteiger charge is 2.47. The van der Waals surface area contributed by atoms with Gasteiger partial charge in [0.2, 0.25) is 17.7 Å². The zero-order valence-corrected chi connectivity index (χ0v) is 21.1. The Morgan fingerprint density at radius 3 is 2.52 bits per heavy atom. The smallest absolute Gasteiger partial charge is 0.344 e. The van der Waals surface area contributed by atoms with E-state index in [-0.39, 0.29) is 36.7 Å². The van der Waals surface area contributed by atoms with Crippen molar-refractivity contribution in [2.24, 2.45) is 11.8 Å². The summed E-state index contributed by atoms with van der Waals surface area (Å²) < 4.78 is 71.4. The number of carbonyl (C=O) groups excluding carboxylic acids is 3. The molecule has 2 aliphatic carbocycles. The van der Waals surface area contributed by atoms with E-state index in [0.29, 0.717) is 11.3 Å². The van der Waals surface area contributed by atoms with Crippen molar-refractivity contribution in [3.8, 4) is 0 Å². The molecule has 0 unspecified atom stereocenters. The van der Waals surface area contributed by atoms with Crippen LogP contribution in [-0.4, -0.2) is 57.2 Å². The van der Waals surface area contributed by atoms with Crippen LogP contribution in [0.3, 0.4) is 0 Å². The molecule has 3 aliphatic rings. The largest absolute Gasteiger partial charge is 0.408 e. The molecular formula is C25H27F5N6O4. The molecule has 1 aliphatic heterocycles. The molecule has 3 N–H and O–H groups in total. The molecule has 15 heteroatoms. The zero-order chi connectivity index (χ0) is 28.7. The molecule has 3 amide bonds. The Balaban J connectivity index is 1.29. The SMILES string of the molecule is O=C(N[C@@H](C(=O)Nc1cc(C[C@H]2C[C@@H](C(F)(F)F)NC2=O)ccn1)C1CCC(F)(F)CC1)c1nonc1C1CC1. The van der Waals surface area contributed by atoms with E-state index in [4.69, 9.17) is 4.63 Å². The number of amides is 3. The molecule has 1 saturated heterocycles. The number of aromatic nitrogens is 3. The van der Waals surface area contributed by atoms with Crippen LogP contribution in [0.4, 0.5) is 27.8 Å². The second-order valence-electron chi connectivity index (χ2n) is 10.7. The van der Waals surface area contributed by atoms with Crippen molar-refractivity contribution < 1.29 is 41.0 Å². The van der Waals surface area contributed by atoms with Crippen molar-refractivity contribution in [2.75, 3.05) is 5.32 Å². The Labute approximate surface area is 224 Å². The number of anilines is 1. The summed E-state index contributed by atoms with van der Waals surface area (Å²) >= 11 is 0. The van der Waals surface area contributed by atoms with Gasteiger partial charge in [-0.2, -0.15) is 13.2 Å².